The molecule has 0 aromatic carbocycles. The van der Waals surface area contributed by atoms with E-state index in [2.05, 4.69) is 65.0 Å². The number of imidazole rings is 2. The first-order chi connectivity index (χ1) is 23.2. The second-order valence-corrected chi connectivity index (χ2v) is 14.1. The average molecular weight is 751 g/mol. The van der Waals surface area contributed by atoms with E-state index in [9.17, 15) is 19.3 Å². The molecule has 2 aliphatic heterocycles. The molecular formula is C24H30F2N10O8P2S2. The van der Waals surface area contributed by atoms with E-state index in [0.717, 1.165) is 0 Å². The van der Waals surface area contributed by atoms with Crippen LogP contribution in [0, 0.1) is 0 Å². The Morgan fingerprint density at radius 1 is 0.771 bits per heavy atom. The van der Waals surface area contributed by atoms with Crippen molar-refractivity contribution < 1.29 is 46.6 Å². The maximum absolute atomic E-state index is 15.2. The zero-order valence-electron chi connectivity index (χ0n) is 24.5. The molecule has 18 nitrogen and oxygen atoms in total. The van der Waals surface area contributed by atoms with Gasteiger partial charge in [-0.2, -0.15) is 0 Å². The lowest BCUT2D eigenvalue weighted by Gasteiger charge is -2.16. The quantitative estimate of drug-likeness (QED) is 0.0615. The van der Waals surface area contributed by atoms with Crippen molar-refractivity contribution in [3.8, 4) is 0 Å². The molecule has 2 fully saturated rings. The van der Waals surface area contributed by atoms with Crippen molar-refractivity contribution in [3.05, 3.63) is 37.5 Å². The molecule has 4 N–H and O–H groups in total. The minimum atomic E-state index is -2.79. The van der Waals surface area contributed by atoms with E-state index in [1.165, 1.54) is 34.4 Å². The van der Waals surface area contributed by atoms with Crippen LogP contribution in [0.4, 0.5) is 20.4 Å². The molecule has 0 bridgehead atoms. The normalized spacial score (nSPS) is 28.9. The van der Waals surface area contributed by atoms with Gasteiger partial charge in [0.1, 0.15) is 37.1 Å². The Labute approximate surface area is 281 Å². The molecule has 2 aliphatic rings. The Balaban J connectivity index is 1.07. The fourth-order valence-electron chi connectivity index (χ4n) is 5.46. The van der Waals surface area contributed by atoms with Crippen LogP contribution in [0.3, 0.4) is 0 Å². The Morgan fingerprint density at radius 2 is 1.19 bits per heavy atom. The molecule has 24 heteroatoms. The van der Waals surface area contributed by atoms with Gasteiger partial charge in [-0.15, -0.1) is 0 Å². The van der Waals surface area contributed by atoms with Crippen LogP contribution in [-0.4, -0.2) is 112 Å². The first-order valence-electron chi connectivity index (χ1n) is 14.3. The topological polar surface area (TPSA) is 223 Å². The van der Waals surface area contributed by atoms with Crippen molar-refractivity contribution in [1.82, 2.24) is 39.0 Å². The number of rotatable bonds is 14. The number of hydrogen-bond acceptors (Lipinski definition) is 16. The molecule has 0 aliphatic carbocycles. The van der Waals surface area contributed by atoms with Crippen molar-refractivity contribution in [2.75, 3.05) is 36.9 Å². The molecule has 6 rings (SSSR count). The summed E-state index contributed by atoms with van der Waals surface area (Å²) in [5, 5.41) is 25.4. The first-order valence-corrected chi connectivity index (χ1v) is 19.5. The third-order valence-electron chi connectivity index (χ3n) is 7.57. The number of hydrogen-bond donors (Lipinski definition) is 6. The minimum absolute atomic E-state index is 0.267. The van der Waals surface area contributed by atoms with Crippen molar-refractivity contribution in [2.45, 2.75) is 49.2 Å². The number of aromatic nitrogens is 8. The number of aliphatic hydroxyl groups is 2. The summed E-state index contributed by atoms with van der Waals surface area (Å²) in [7, 11) is -5.58. The number of fused-ring (bicyclic) bond motifs is 2. The summed E-state index contributed by atoms with van der Waals surface area (Å²) in [5.41, 5.74) is 1.22. The van der Waals surface area contributed by atoms with Crippen LogP contribution in [0.2, 0.25) is 0 Å². The van der Waals surface area contributed by atoms with Crippen LogP contribution < -0.4 is 10.6 Å². The van der Waals surface area contributed by atoms with Crippen molar-refractivity contribution >= 4 is 72.9 Å². The molecule has 48 heavy (non-hydrogen) atoms. The molecule has 4 aromatic heterocycles. The van der Waals surface area contributed by atoms with Gasteiger partial charge in [0.25, 0.3) is 0 Å². The van der Waals surface area contributed by atoms with Crippen LogP contribution in [0.5, 0.6) is 0 Å². The summed E-state index contributed by atoms with van der Waals surface area (Å²) in [4.78, 5) is 25.5. The van der Waals surface area contributed by atoms with Gasteiger partial charge < -0.3 is 39.4 Å². The SMILES string of the molecule is O=[PH](S)O[C@H]1[C@@H](F)[C@H](n2cnc3c(NC/C=C/CNc4ncnc5c4ncn5[C@@H]4O[C@H](CO)[C@@H](O[PH](=O)S)[C@H]4F)ncnc32)O[C@@H]1CO. The van der Waals surface area contributed by atoms with E-state index in [1.807, 2.05) is 12.2 Å². The first kappa shape index (κ1) is 35.1. The zero-order valence-corrected chi connectivity index (χ0v) is 28.3. The highest BCUT2D eigenvalue weighted by Crippen LogP contribution is 2.42. The Hall–Kier alpha value is -2.78. The smallest absolute Gasteiger partial charge is 0.243 e. The third-order valence-corrected chi connectivity index (χ3v) is 9.15. The monoisotopic (exact) mass is 750 g/mol. The molecule has 0 radical (unpaired) electrons. The Kier molecular flexibility index (Phi) is 11.3. The molecule has 260 valence electrons. The van der Waals surface area contributed by atoms with Gasteiger partial charge in [0.15, 0.2) is 58.8 Å². The fraction of sp³-hybridized carbons (Fsp3) is 0.500. The lowest BCUT2D eigenvalue weighted by molar-refractivity contribution is -0.0427. The summed E-state index contributed by atoms with van der Waals surface area (Å²) >= 11 is 7.42. The number of alkyl halides is 2. The van der Waals surface area contributed by atoms with Gasteiger partial charge in [0.2, 0.25) is 14.5 Å². The van der Waals surface area contributed by atoms with Crippen LogP contribution in [0.15, 0.2) is 37.5 Å². The van der Waals surface area contributed by atoms with Gasteiger partial charge in [-0.3, -0.25) is 18.3 Å². The maximum Gasteiger partial charge on any atom is 0.243 e. The molecule has 2 saturated heterocycles. The highest BCUT2D eigenvalue weighted by molar-refractivity contribution is 8.39. The molecular weight excluding hydrogens is 720 g/mol. The minimum Gasteiger partial charge on any atom is -0.394 e. The zero-order chi connectivity index (χ0) is 33.9. The standard InChI is InChI=1S/C24H30F2N10O8P2S2/c25-13-17(43-45(39)47)11(5-37)41-23(13)35-9-33-15-19(29-7-31-21(15)35)27-3-1-2-4-28-20-16-22(32-8-30-20)36(10-34-16)24-14(26)18(44-46(40)48)12(6-38)42-24/h1-2,7-14,17-18,23-24,37-38,45-46H,3-6H2,(H,39,47)(H,40,48)(H,27,29,31)(H,28,30,32)/b2-1+/t11-,12-,13-,14-,17-,18-,23-,24-/m1/s1. The molecule has 0 amide bonds. The number of halogens is 2. The largest absolute Gasteiger partial charge is 0.394 e. The number of thiol groups is 2. The Morgan fingerprint density at radius 3 is 1.56 bits per heavy atom. The summed E-state index contributed by atoms with van der Waals surface area (Å²) in [6.07, 6.45) is -1.86. The number of nitrogens with one attached hydrogen (secondary N) is 2. The predicted molar refractivity (Wildman–Crippen MR) is 174 cm³/mol. The number of nitrogens with zero attached hydrogens (tertiary/aromatic N) is 8. The average Bonchev–Trinajstić information content (AvgIpc) is 3.83. The van der Waals surface area contributed by atoms with E-state index in [0.29, 0.717) is 35.8 Å². The number of ether oxygens (including phenoxy) is 2. The van der Waals surface area contributed by atoms with Gasteiger partial charge in [-0.05, 0) is 0 Å². The molecule has 10 atom stereocenters. The predicted octanol–water partition coefficient (Wildman–Crippen LogP) is 1.91. The van der Waals surface area contributed by atoms with Gasteiger partial charge in [0, 0.05) is 13.1 Å². The van der Waals surface area contributed by atoms with E-state index < -0.39 is 76.9 Å². The molecule has 2 unspecified atom stereocenters. The summed E-state index contributed by atoms with van der Waals surface area (Å²) in [6.45, 7) is -0.455. The van der Waals surface area contributed by atoms with Gasteiger partial charge >= 0.3 is 0 Å². The molecule has 4 aromatic rings. The van der Waals surface area contributed by atoms with E-state index in [-0.39, 0.29) is 11.3 Å². The van der Waals surface area contributed by atoms with Crippen LogP contribution >= 0.6 is 39.0 Å². The number of anilines is 2. The van der Waals surface area contributed by atoms with Gasteiger partial charge in [0.05, 0.1) is 25.9 Å². The number of aliphatic hydroxyl groups excluding tert-OH is 2. The summed E-state index contributed by atoms with van der Waals surface area (Å²) in [5.74, 6) is 0.746. The summed E-state index contributed by atoms with van der Waals surface area (Å²) < 4.78 is 77.6. The molecule has 0 saturated carbocycles. The van der Waals surface area contributed by atoms with Gasteiger partial charge in [-0.1, -0.05) is 36.6 Å². The van der Waals surface area contributed by atoms with Crippen molar-refractivity contribution in [1.29, 1.82) is 0 Å². The van der Waals surface area contributed by atoms with E-state index in [4.69, 9.17) is 18.5 Å². The second-order valence-electron chi connectivity index (χ2n) is 10.4. The highest BCUT2D eigenvalue weighted by atomic mass is 32.7. The van der Waals surface area contributed by atoms with Crippen LogP contribution in [0.1, 0.15) is 12.5 Å². The Bertz CT molecular complexity index is 1700. The second kappa shape index (κ2) is 15.4. The lowest BCUT2D eigenvalue weighted by atomic mass is 10.1. The fourth-order valence-corrected chi connectivity index (χ4v) is 7.22. The maximum atomic E-state index is 15.2. The molecule has 0 spiro atoms. The molecule has 6 heterocycles. The van der Waals surface area contributed by atoms with E-state index >= 15 is 8.78 Å². The van der Waals surface area contributed by atoms with Crippen molar-refractivity contribution in [2.24, 2.45) is 0 Å². The van der Waals surface area contributed by atoms with Crippen LogP contribution in [-0.2, 0) is 27.7 Å². The summed E-state index contributed by atoms with van der Waals surface area (Å²) in [6, 6.07) is 0. The van der Waals surface area contributed by atoms with Crippen molar-refractivity contribution in [3.63, 3.8) is 0 Å². The van der Waals surface area contributed by atoms with Gasteiger partial charge in [-0.25, -0.2) is 38.7 Å². The van der Waals surface area contributed by atoms with E-state index in [1.54, 1.807) is 0 Å². The highest BCUT2D eigenvalue weighted by Gasteiger charge is 2.49. The van der Waals surface area contributed by atoms with Crippen LogP contribution in [0.25, 0.3) is 22.3 Å². The third kappa shape index (κ3) is 7.09. The lowest BCUT2D eigenvalue weighted by Crippen LogP contribution is -2.31.